The number of halogens is 1. The molecule has 0 atom stereocenters. The second-order valence-corrected chi connectivity index (χ2v) is 6.96. The molecule has 2 rings (SSSR count). The Morgan fingerprint density at radius 2 is 2.10 bits per heavy atom. The van der Waals surface area contributed by atoms with E-state index >= 15 is 0 Å². The van der Waals surface area contributed by atoms with E-state index in [-0.39, 0.29) is 5.54 Å². The van der Waals surface area contributed by atoms with E-state index in [1.807, 2.05) is 35.4 Å². The molecule has 1 heterocycles. The number of guanidine groups is 1. The predicted octanol–water partition coefficient (Wildman–Crippen LogP) is 4.36. The second-order valence-electron chi connectivity index (χ2n) is 5.67. The first-order valence-electron chi connectivity index (χ1n) is 6.59. The number of aromatic nitrogens is 1. The van der Waals surface area contributed by atoms with Crippen LogP contribution in [0.2, 0.25) is 5.02 Å². The average Bonchev–Trinajstić information content (AvgIpc) is 2.87. The molecule has 6 heteroatoms. The molecule has 1 aromatic carbocycles. The summed E-state index contributed by atoms with van der Waals surface area (Å²) in [5.74, 6) is 0.405. The first-order chi connectivity index (χ1) is 9.80. The lowest BCUT2D eigenvalue weighted by Crippen LogP contribution is -2.49. The van der Waals surface area contributed by atoms with Crippen molar-refractivity contribution in [2.75, 3.05) is 4.90 Å². The number of aliphatic imine (C=N–C) groups is 1. The van der Waals surface area contributed by atoms with Crippen molar-refractivity contribution in [3.63, 3.8) is 0 Å². The van der Waals surface area contributed by atoms with Crippen LogP contribution in [0.3, 0.4) is 0 Å². The summed E-state index contributed by atoms with van der Waals surface area (Å²) >= 11 is 7.66. The molecule has 0 radical (unpaired) electrons. The summed E-state index contributed by atoms with van der Waals surface area (Å²) < 4.78 is 0. The third-order valence-corrected chi connectivity index (χ3v) is 4.15. The first-order valence-corrected chi connectivity index (χ1v) is 7.85. The van der Waals surface area contributed by atoms with Gasteiger partial charge in [0.2, 0.25) is 5.96 Å². The van der Waals surface area contributed by atoms with Crippen LogP contribution in [-0.4, -0.2) is 16.5 Å². The minimum absolute atomic E-state index is 0.224. The molecule has 1 aromatic heterocycles. The Hall–Kier alpha value is -1.59. The van der Waals surface area contributed by atoms with Crippen molar-refractivity contribution in [2.24, 2.45) is 10.7 Å². The van der Waals surface area contributed by atoms with Gasteiger partial charge in [0.25, 0.3) is 0 Å². The molecule has 0 unspecified atom stereocenters. The number of hydrogen-bond acceptors (Lipinski definition) is 3. The van der Waals surface area contributed by atoms with E-state index in [1.54, 1.807) is 6.20 Å². The number of hydrogen-bond donors (Lipinski definition) is 1. The van der Waals surface area contributed by atoms with Crippen LogP contribution in [0.25, 0.3) is 0 Å². The monoisotopic (exact) mass is 322 g/mol. The van der Waals surface area contributed by atoms with Crippen molar-refractivity contribution in [2.45, 2.75) is 33.2 Å². The summed E-state index contributed by atoms with van der Waals surface area (Å²) in [6.45, 7) is 8.14. The second kappa shape index (κ2) is 6.03. The van der Waals surface area contributed by atoms with Gasteiger partial charge in [0, 0.05) is 22.1 Å². The maximum Gasteiger partial charge on any atom is 0.203 e. The van der Waals surface area contributed by atoms with Crippen LogP contribution in [0.15, 0.2) is 34.8 Å². The number of benzene rings is 1. The molecule has 0 bridgehead atoms. The fourth-order valence-corrected chi connectivity index (χ4v) is 2.95. The van der Waals surface area contributed by atoms with Crippen LogP contribution < -0.4 is 10.6 Å². The van der Waals surface area contributed by atoms with Crippen LogP contribution in [0, 0.1) is 6.92 Å². The summed E-state index contributed by atoms with van der Waals surface area (Å²) in [7, 11) is 0. The van der Waals surface area contributed by atoms with Crippen LogP contribution >= 0.6 is 22.9 Å². The molecule has 0 saturated heterocycles. The van der Waals surface area contributed by atoms with Gasteiger partial charge in [-0.3, -0.25) is 4.90 Å². The van der Waals surface area contributed by atoms with E-state index in [9.17, 15) is 0 Å². The van der Waals surface area contributed by atoms with Gasteiger partial charge in [-0.25, -0.2) is 9.98 Å². The van der Waals surface area contributed by atoms with Crippen molar-refractivity contribution >= 4 is 39.7 Å². The Kier molecular flexibility index (Phi) is 4.54. The molecular formula is C15H19ClN4S. The SMILES string of the molecule is Cc1c(Cl)cccc1N=C(N)N(c1nccs1)C(C)(C)C. The maximum atomic E-state index is 6.25. The van der Waals surface area contributed by atoms with Crippen LogP contribution in [0.5, 0.6) is 0 Å². The van der Waals surface area contributed by atoms with Crippen LogP contribution in [0.1, 0.15) is 26.3 Å². The molecule has 0 aliphatic rings. The Labute approximate surface area is 134 Å². The van der Waals surface area contributed by atoms with Gasteiger partial charge in [-0.05, 0) is 45.4 Å². The number of rotatable bonds is 2. The standard InChI is InChI=1S/C15H19ClN4S/c1-10-11(16)6-5-7-12(10)19-13(17)20(15(2,3)4)14-18-8-9-21-14/h5-9H,1-4H3,(H2,17,19). The lowest BCUT2D eigenvalue weighted by molar-refractivity contribution is 0.568. The minimum Gasteiger partial charge on any atom is -0.369 e. The molecule has 0 amide bonds. The number of nitrogens with two attached hydrogens (primary N) is 1. The van der Waals surface area contributed by atoms with Crippen molar-refractivity contribution in [1.29, 1.82) is 0 Å². The third kappa shape index (κ3) is 3.54. The highest BCUT2D eigenvalue weighted by Gasteiger charge is 2.27. The number of anilines is 1. The van der Waals surface area contributed by atoms with E-state index in [1.165, 1.54) is 11.3 Å². The fourth-order valence-electron chi connectivity index (χ4n) is 1.95. The van der Waals surface area contributed by atoms with E-state index in [4.69, 9.17) is 17.3 Å². The highest BCUT2D eigenvalue weighted by atomic mass is 35.5. The summed E-state index contributed by atoms with van der Waals surface area (Å²) in [5, 5.41) is 3.43. The van der Waals surface area contributed by atoms with Crippen LogP contribution in [-0.2, 0) is 0 Å². The molecular weight excluding hydrogens is 304 g/mol. The molecule has 0 fully saturated rings. The van der Waals surface area contributed by atoms with E-state index in [0.29, 0.717) is 11.0 Å². The zero-order valence-corrected chi connectivity index (χ0v) is 14.2. The van der Waals surface area contributed by atoms with E-state index in [2.05, 4.69) is 30.7 Å². The summed E-state index contributed by atoms with van der Waals surface area (Å²) in [4.78, 5) is 10.8. The largest absolute Gasteiger partial charge is 0.369 e. The average molecular weight is 323 g/mol. The molecule has 0 aliphatic heterocycles. The van der Waals surface area contributed by atoms with Gasteiger partial charge in [0.15, 0.2) is 5.13 Å². The minimum atomic E-state index is -0.224. The Balaban J connectivity index is 2.46. The van der Waals surface area contributed by atoms with Gasteiger partial charge in [-0.1, -0.05) is 17.7 Å². The van der Waals surface area contributed by atoms with Gasteiger partial charge in [0.1, 0.15) is 0 Å². The lowest BCUT2D eigenvalue weighted by Gasteiger charge is -2.34. The van der Waals surface area contributed by atoms with Crippen LogP contribution in [0.4, 0.5) is 10.8 Å². The highest BCUT2D eigenvalue weighted by molar-refractivity contribution is 7.13. The lowest BCUT2D eigenvalue weighted by atomic mass is 10.1. The normalized spacial score (nSPS) is 12.5. The van der Waals surface area contributed by atoms with Gasteiger partial charge in [-0.15, -0.1) is 11.3 Å². The number of thiazole rings is 1. The first kappa shape index (κ1) is 15.8. The Morgan fingerprint density at radius 1 is 1.38 bits per heavy atom. The van der Waals surface area contributed by atoms with Crippen molar-refractivity contribution in [3.05, 3.63) is 40.4 Å². The topological polar surface area (TPSA) is 54.5 Å². The summed E-state index contributed by atoms with van der Waals surface area (Å²) in [5.41, 5.74) is 7.70. The quantitative estimate of drug-likeness (QED) is 0.660. The number of nitrogens with zero attached hydrogens (tertiary/aromatic N) is 3. The van der Waals surface area contributed by atoms with Gasteiger partial charge in [0.05, 0.1) is 5.69 Å². The molecule has 112 valence electrons. The summed E-state index contributed by atoms with van der Waals surface area (Å²) in [6.07, 6.45) is 1.76. The third-order valence-electron chi connectivity index (χ3n) is 2.98. The molecule has 0 spiro atoms. The van der Waals surface area contributed by atoms with E-state index < -0.39 is 0 Å². The predicted molar refractivity (Wildman–Crippen MR) is 91.8 cm³/mol. The zero-order chi connectivity index (χ0) is 15.6. The Bertz CT molecular complexity index is 644. The van der Waals surface area contributed by atoms with Gasteiger partial charge in [-0.2, -0.15) is 0 Å². The highest BCUT2D eigenvalue weighted by Crippen LogP contribution is 2.29. The molecule has 2 N–H and O–H groups in total. The Morgan fingerprint density at radius 3 is 2.67 bits per heavy atom. The smallest absolute Gasteiger partial charge is 0.203 e. The van der Waals surface area contributed by atoms with Gasteiger partial charge < -0.3 is 5.73 Å². The molecule has 2 aromatic rings. The van der Waals surface area contributed by atoms with E-state index in [0.717, 1.165) is 16.4 Å². The molecule has 4 nitrogen and oxygen atoms in total. The maximum absolute atomic E-state index is 6.25. The fraction of sp³-hybridized carbons (Fsp3) is 0.333. The van der Waals surface area contributed by atoms with Crippen molar-refractivity contribution in [3.8, 4) is 0 Å². The molecule has 0 aliphatic carbocycles. The zero-order valence-electron chi connectivity index (χ0n) is 12.6. The molecule has 21 heavy (non-hydrogen) atoms. The molecule has 0 saturated carbocycles. The van der Waals surface area contributed by atoms with Crippen molar-refractivity contribution < 1.29 is 0 Å². The van der Waals surface area contributed by atoms with Gasteiger partial charge >= 0.3 is 0 Å². The van der Waals surface area contributed by atoms with Crippen molar-refractivity contribution in [1.82, 2.24) is 4.98 Å². The summed E-state index contributed by atoms with van der Waals surface area (Å²) in [6, 6.07) is 5.61.